The van der Waals surface area contributed by atoms with E-state index in [-0.39, 0.29) is 41.3 Å². The number of rotatable bonds is 0. The Morgan fingerprint density at radius 2 is 1.61 bits per heavy atom. The third-order valence-corrected chi connectivity index (χ3v) is 8.80. The molecule has 33 heavy (non-hydrogen) atoms. The standard InChI is InChI=1S/C26H32Cl2O5/c1-13-8-6-7-9-14(2)32-24(31)16(4)21(29)26(27,28)22(30)20-18(13)11-10-17-12-25(5)23(33-25)15(3)19(17)20/h6-11,13-20,23H,12H2,1-5H3/b8-6-,9-7+/t13-,14+,15?,16+,17-,18+,19?,20?,23-,25+/m1/s1. The number of fused-ring (bicyclic) bond motifs is 4. The molecule has 1 saturated heterocycles. The molecular weight excluding hydrogens is 463 g/mol. The van der Waals surface area contributed by atoms with E-state index in [1.54, 1.807) is 13.0 Å². The van der Waals surface area contributed by atoms with Crippen LogP contribution in [0.2, 0.25) is 0 Å². The number of halogens is 2. The molecule has 2 heterocycles. The second-order valence-electron chi connectivity index (χ2n) is 10.4. The largest absolute Gasteiger partial charge is 0.458 e. The number of esters is 1. The van der Waals surface area contributed by atoms with Gasteiger partial charge in [-0.1, -0.05) is 67.4 Å². The lowest BCUT2D eigenvalue weighted by atomic mass is 9.56. The number of carbonyl (C=O) groups is 3. The predicted molar refractivity (Wildman–Crippen MR) is 127 cm³/mol. The Hall–Kier alpha value is -1.43. The fourth-order valence-electron chi connectivity index (χ4n) is 6.19. The van der Waals surface area contributed by atoms with Crippen molar-refractivity contribution in [1.29, 1.82) is 0 Å². The van der Waals surface area contributed by atoms with Gasteiger partial charge in [-0.2, -0.15) is 0 Å². The minimum Gasteiger partial charge on any atom is -0.458 e. The SMILES string of the molecule is CC1C2C3C(=O)C(Cl)(Cl)C(=O)[C@H](C)C(=O)O[C@@H](C)/C=C/C=C\[C@@H](C)[C@@H]3C=C[C@@H]2C[C@]2(C)O[C@H]12. The van der Waals surface area contributed by atoms with Gasteiger partial charge in [-0.15, -0.1) is 0 Å². The fourth-order valence-corrected chi connectivity index (χ4v) is 6.77. The summed E-state index contributed by atoms with van der Waals surface area (Å²) in [6.45, 7) is 9.36. The molecule has 180 valence electrons. The molecule has 0 aromatic rings. The molecule has 2 aliphatic carbocycles. The van der Waals surface area contributed by atoms with Crippen LogP contribution < -0.4 is 0 Å². The molecule has 0 spiro atoms. The molecule has 0 aromatic heterocycles. The molecule has 3 unspecified atom stereocenters. The van der Waals surface area contributed by atoms with Gasteiger partial charge in [0.2, 0.25) is 4.33 Å². The number of Topliss-reactive ketones (excluding diaryl/α,β-unsaturated/α-hetero) is 2. The Bertz CT molecular complexity index is 937. The lowest BCUT2D eigenvalue weighted by Crippen LogP contribution is -2.54. The van der Waals surface area contributed by atoms with Crippen LogP contribution in [0.5, 0.6) is 0 Å². The lowest BCUT2D eigenvalue weighted by molar-refractivity contribution is -0.154. The van der Waals surface area contributed by atoms with Gasteiger partial charge >= 0.3 is 5.97 Å². The van der Waals surface area contributed by atoms with Gasteiger partial charge in [-0.25, -0.2) is 0 Å². The quantitative estimate of drug-likeness (QED) is 0.158. The molecule has 0 radical (unpaired) electrons. The first kappa shape index (κ1) is 24.7. The van der Waals surface area contributed by atoms with Crippen LogP contribution in [0.3, 0.4) is 0 Å². The molecule has 2 aliphatic heterocycles. The Labute approximate surface area is 205 Å². The average molecular weight is 495 g/mol. The van der Waals surface area contributed by atoms with E-state index >= 15 is 0 Å². The van der Waals surface area contributed by atoms with Crippen molar-refractivity contribution in [3.05, 3.63) is 36.5 Å². The van der Waals surface area contributed by atoms with Crippen LogP contribution >= 0.6 is 23.2 Å². The molecule has 0 aromatic carbocycles. The summed E-state index contributed by atoms with van der Waals surface area (Å²) in [6.07, 6.45) is 12.1. The van der Waals surface area contributed by atoms with Crippen molar-refractivity contribution in [1.82, 2.24) is 0 Å². The van der Waals surface area contributed by atoms with E-state index in [4.69, 9.17) is 32.7 Å². The Kier molecular flexibility index (Phi) is 6.48. The van der Waals surface area contributed by atoms with Crippen LogP contribution in [-0.2, 0) is 23.9 Å². The van der Waals surface area contributed by atoms with Crippen LogP contribution in [0.4, 0.5) is 0 Å². The van der Waals surface area contributed by atoms with Crippen molar-refractivity contribution in [3.63, 3.8) is 0 Å². The van der Waals surface area contributed by atoms with Gasteiger partial charge in [0.15, 0.2) is 11.6 Å². The first-order valence-electron chi connectivity index (χ1n) is 11.8. The maximum absolute atomic E-state index is 14.0. The minimum atomic E-state index is -2.34. The van der Waals surface area contributed by atoms with Gasteiger partial charge in [0.05, 0.1) is 11.7 Å². The summed E-state index contributed by atoms with van der Waals surface area (Å²) in [6, 6.07) is 0. The lowest BCUT2D eigenvalue weighted by Gasteiger charge is -2.47. The smallest absolute Gasteiger partial charge is 0.316 e. The first-order valence-corrected chi connectivity index (χ1v) is 12.5. The highest BCUT2D eigenvalue weighted by molar-refractivity contribution is 6.68. The van der Waals surface area contributed by atoms with E-state index in [1.807, 2.05) is 18.2 Å². The van der Waals surface area contributed by atoms with Gasteiger partial charge in [-0.05, 0) is 62.9 Å². The summed E-state index contributed by atoms with van der Waals surface area (Å²) in [5, 5.41) is 0. The third-order valence-electron chi connectivity index (χ3n) is 8.06. The number of cyclic esters (lactones) is 1. The van der Waals surface area contributed by atoms with E-state index in [2.05, 4.69) is 32.9 Å². The molecule has 4 aliphatic rings. The molecule has 7 heteroatoms. The average Bonchev–Trinajstić information content (AvgIpc) is 3.45. The third kappa shape index (κ3) is 4.26. The van der Waals surface area contributed by atoms with Crippen LogP contribution in [0, 0.1) is 41.4 Å². The number of ether oxygens (including phenoxy) is 2. The molecule has 0 amide bonds. The maximum atomic E-state index is 14.0. The van der Waals surface area contributed by atoms with Crippen molar-refractivity contribution in [2.75, 3.05) is 0 Å². The zero-order valence-corrected chi connectivity index (χ0v) is 21.2. The molecule has 0 bridgehead atoms. The zero-order valence-electron chi connectivity index (χ0n) is 19.7. The molecule has 4 rings (SSSR count). The maximum Gasteiger partial charge on any atom is 0.316 e. The van der Waals surface area contributed by atoms with E-state index in [9.17, 15) is 14.4 Å². The Morgan fingerprint density at radius 3 is 2.30 bits per heavy atom. The number of hydrogen-bond donors (Lipinski definition) is 0. The molecule has 5 nitrogen and oxygen atoms in total. The molecule has 1 saturated carbocycles. The highest BCUT2D eigenvalue weighted by atomic mass is 35.5. The van der Waals surface area contributed by atoms with Gasteiger partial charge in [0, 0.05) is 5.92 Å². The second-order valence-corrected chi connectivity index (χ2v) is 11.8. The minimum absolute atomic E-state index is 0.00103. The number of allylic oxidation sites excluding steroid dienone is 5. The number of carbonyl (C=O) groups excluding carboxylic acids is 3. The Morgan fingerprint density at radius 1 is 0.939 bits per heavy atom. The summed E-state index contributed by atoms with van der Waals surface area (Å²) < 4.78 is 9.03. The van der Waals surface area contributed by atoms with Gasteiger partial charge in [-0.3, -0.25) is 14.4 Å². The van der Waals surface area contributed by atoms with Crippen molar-refractivity contribution in [2.24, 2.45) is 41.4 Å². The zero-order chi connectivity index (χ0) is 24.3. The summed E-state index contributed by atoms with van der Waals surface area (Å²) in [5.41, 5.74) is -0.164. The molecule has 0 N–H and O–H groups in total. The van der Waals surface area contributed by atoms with E-state index < -0.39 is 39.8 Å². The first-order chi connectivity index (χ1) is 15.4. The molecule has 10 atom stereocenters. The molecular formula is C26H32Cl2O5. The molecule has 2 fully saturated rings. The van der Waals surface area contributed by atoms with Crippen molar-refractivity contribution < 1.29 is 23.9 Å². The predicted octanol–water partition coefficient (Wildman–Crippen LogP) is 4.86. The fraction of sp³-hybridized carbons (Fsp3) is 0.654. The highest BCUT2D eigenvalue weighted by Gasteiger charge is 2.65. The van der Waals surface area contributed by atoms with E-state index in [0.29, 0.717) is 0 Å². The van der Waals surface area contributed by atoms with E-state index in [0.717, 1.165) is 6.42 Å². The van der Waals surface area contributed by atoms with Crippen LogP contribution in [0.15, 0.2) is 36.5 Å². The normalized spacial score (nSPS) is 49.1. The summed E-state index contributed by atoms with van der Waals surface area (Å²) in [4.78, 5) is 39.8. The summed E-state index contributed by atoms with van der Waals surface area (Å²) in [5.74, 6) is -3.95. The van der Waals surface area contributed by atoms with Crippen LogP contribution in [0.25, 0.3) is 0 Å². The van der Waals surface area contributed by atoms with Crippen molar-refractivity contribution in [3.8, 4) is 0 Å². The van der Waals surface area contributed by atoms with Gasteiger partial charge < -0.3 is 9.47 Å². The highest BCUT2D eigenvalue weighted by Crippen LogP contribution is 2.60. The monoisotopic (exact) mass is 494 g/mol. The van der Waals surface area contributed by atoms with Crippen molar-refractivity contribution >= 4 is 40.7 Å². The van der Waals surface area contributed by atoms with E-state index in [1.165, 1.54) is 6.92 Å². The number of epoxide rings is 1. The number of ketones is 2. The van der Waals surface area contributed by atoms with Crippen LogP contribution in [-0.4, -0.2) is 39.7 Å². The van der Waals surface area contributed by atoms with Gasteiger partial charge in [0.1, 0.15) is 12.0 Å². The second kappa shape index (κ2) is 8.66. The summed E-state index contributed by atoms with van der Waals surface area (Å²) >= 11 is 13.1. The van der Waals surface area contributed by atoms with Gasteiger partial charge in [0.25, 0.3) is 0 Å². The Balaban J connectivity index is 1.78. The van der Waals surface area contributed by atoms with Crippen molar-refractivity contribution in [2.45, 2.75) is 63.2 Å². The number of hydrogen-bond acceptors (Lipinski definition) is 5. The van der Waals surface area contributed by atoms with Crippen LogP contribution in [0.1, 0.15) is 41.0 Å². The topological polar surface area (TPSA) is 73.0 Å². The summed E-state index contributed by atoms with van der Waals surface area (Å²) in [7, 11) is 0. The number of alkyl halides is 2.